The number of nitrogens with zero attached hydrogens (tertiary/aromatic N) is 2. The van der Waals surface area contributed by atoms with E-state index in [0.717, 1.165) is 31.6 Å². The Labute approximate surface area is 135 Å². The van der Waals surface area contributed by atoms with Gasteiger partial charge in [0.15, 0.2) is 5.96 Å². The summed E-state index contributed by atoms with van der Waals surface area (Å²) in [5.41, 5.74) is 0. The van der Waals surface area contributed by atoms with E-state index >= 15 is 0 Å². The third kappa shape index (κ3) is 6.53. The van der Waals surface area contributed by atoms with E-state index in [2.05, 4.69) is 27.6 Å². The molecule has 1 heterocycles. The first-order valence-electron chi connectivity index (χ1n) is 9.02. The van der Waals surface area contributed by atoms with Crippen molar-refractivity contribution in [3.63, 3.8) is 0 Å². The van der Waals surface area contributed by atoms with Crippen molar-refractivity contribution < 1.29 is 4.74 Å². The molecule has 128 valence electrons. The third-order valence-electron chi connectivity index (χ3n) is 4.82. The molecule has 0 radical (unpaired) electrons. The quantitative estimate of drug-likeness (QED) is 0.340. The second-order valence-corrected chi connectivity index (χ2v) is 6.78. The van der Waals surface area contributed by atoms with Crippen LogP contribution in [-0.2, 0) is 4.74 Å². The molecule has 2 fully saturated rings. The summed E-state index contributed by atoms with van der Waals surface area (Å²) in [4.78, 5) is 6.68. The molecule has 1 aliphatic carbocycles. The molecule has 5 heteroatoms. The van der Waals surface area contributed by atoms with Crippen LogP contribution in [0.2, 0.25) is 0 Å². The zero-order valence-corrected chi connectivity index (χ0v) is 14.4. The molecule has 2 N–H and O–H groups in total. The first-order valence-corrected chi connectivity index (χ1v) is 9.02. The van der Waals surface area contributed by atoms with Crippen LogP contribution in [0.4, 0.5) is 0 Å². The second kappa shape index (κ2) is 10.1. The van der Waals surface area contributed by atoms with Gasteiger partial charge in [0.05, 0.1) is 12.7 Å². The number of ether oxygens (including phenoxy) is 1. The van der Waals surface area contributed by atoms with Crippen molar-refractivity contribution in [3.05, 3.63) is 0 Å². The Bertz CT molecular complexity index is 327. The summed E-state index contributed by atoms with van der Waals surface area (Å²) in [6.45, 7) is 5.02. The lowest BCUT2D eigenvalue weighted by molar-refractivity contribution is 0.0468. The maximum Gasteiger partial charge on any atom is 0.191 e. The van der Waals surface area contributed by atoms with E-state index in [1.165, 1.54) is 58.0 Å². The van der Waals surface area contributed by atoms with Crippen molar-refractivity contribution in [2.45, 2.75) is 51.0 Å². The lowest BCUT2D eigenvalue weighted by Crippen LogP contribution is -2.41. The van der Waals surface area contributed by atoms with Gasteiger partial charge in [-0.3, -0.25) is 4.99 Å². The van der Waals surface area contributed by atoms with Crippen molar-refractivity contribution in [1.82, 2.24) is 15.5 Å². The highest BCUT2D eigenvalue weighted by atomic mass is 16.5. The van der Waals surface area contributed by atoms with Gasteiger partial charge in [0.1, 0.15) is 0 Å². The number of guanidine groups is 1. The largest absolute Gasteiger partial charge is 0.376 e. The van der Waals surface area contributed by atoms with Crippen molar-refractivity contribution in [2.75, 3.05) is 46.9 Å². The number of rotatable bonds is 6. The zero-order valence-electron chi connectivity index (χ0n) is 14.4. The van der Waals surface area contributed by atoms with Gasteiger partial charge in [0, 0.05) is 26.7 Å². The Balaban J connectivity index is 1.54. The molecular weight excluding hydrogens is 276 g/mol. The van der Waals surface area contributed by atoms with Gasteiger partial charge >= 0.3 is 0 Å². The number of likely N-dealkylation sites (tertiary alicyclic amines) is 1. The highest BCUT2D eigenvalue weighted by molar-refractivity contribution is 5.79. The zero-order chi connectivity index (χ0) is 15.6. The molecule has 2 aliphatic rings. The predicted molar refractivity (Wildman–Crippen MR) is 92.4 cm³/mol. The normalized spacial score (nSPS) is 25.2. The molecule has 0 aromatic heterocycles. The van der Waals surface area contributed by atoms with Crippen LogP contribution in [0.1, 0.15) is 44.9 Å². The van der Waals surface area contributed by atoms with Crippen LogP contribution < -0.4 is 10.6 Å². The van der Waals surface area contributed by atoms with Crippen LogP contribution in [0.15, 0.2) is 4.99 Å². The Hall–Kier alpha value is -0.810. The molecule has 5 nitrogen and oxygen atoms in total. The van der Waals surface area contributed by atoms with E-state index in [-0.39, 0.29) is 0 Å². The van der Waals surface area contributed by atoms with Crippen LogP contribution in [0.25, 0.3) is 0 Å². The number of aliphatic imine (C=N–C) groups is 1. The molecule has 0 aromatic rings. The van der Waals surface area contributed by atoms with Gasteiger partial charge in [0.2, 0.25) is 0 Å². The predicted octanol–water partition coefficient (Wildman–Crippen LogP) is 1.84. The van der Waals surface area contributed by atoms with Crippen molar-refractivity contribution in [3.8, 4) is 0 Å². The molecule has 1 unspecified atom stereocenters. The van der Waals surface area contributed by atoms with E-state index in [9.17, 15) is 0 Å². The maximum atomic E-state index is 6.00. The number of hydrogen-bond acceptors (Lipinski definition) is 3. The van der Waals surface area contributed by atoms with E-state index in [1.54, 1.807) is 0 Å². The summed E-state index contributed by atoms with van der Waals surface area (Å²) in [5.74, 6) is 1.64. The van der Waals surface area contributed by atoms with Gasteiger partial charge in [-0.25, -0.2) is 0 Å². The smallest absolute Gasteiger partial charge is 0.191 e. The lowest BCUT2D eigenvalue weighted by Gasteiger charge is -2.18. The first kappa shape index (κ1) is 17.5. The minimum Gasteiger partial charge on any atom is -0.376 e. The second-order valence-electron chi connectivity index (χ2n) is 6.78. The van der Waals surface area contributed by atoms with E-state index in [4.69, 9.17) is 4.74 Å². The summed E-state index contributed by atoms with van der Waals surface area (Å²) >= 11 is 0. The minimum atomic E-state index is 0.480. The highest BCUT2D eigenvalue weighted by Crippen LogP contribution is 2.19. The fraction of sp³-hybridized carbons (Fsp3) is 0.941. The summed E-state index contributed by atoms with van der Waals surface area (Å²) < 4.78 is 6.00. The maximum absolute atomic E-state index is 6.00. The van der Waals surface area contributed by atoms with E-state index in [0.29, 0.717) is 6.10 Å². The molecule has 1 aliphatic heterocycles. The summed E-state index contributed by atoms with van der Waals surface area (Å²) in [5, 5.41) is 6.80. The number of hydrogen-bond donors (Lipinski definition) is 2. The third-order valence-corrected chi connectivity index (χ3v) is 4.82. The molecule has 0 spiro atoms. The minimum absolute atomic E-state index is 0.480. The lowest BCUT2D eigenvalue weighted by atomic mass is 10.1. The molecule has 1 atom stereocenters. The van der Waals surface area contributed by atoms with Crippen LogP contribution in [0.3, 0.4) is 0 Å². The SMILES string of the molecule is CN=C(NCCOC1CCCCCC1)NCC1CCN(C)C1. The monoisotopic (exact) mass is 310 g/mol. The summed E-state index contributed by atoms with van der Waals surface area (Å²) in [6.07, 6.45) is 9.66. The average Bonchev–Trinajstić information content (AvgIpc) is 2.78. The topological polar surface area (TPSA) is 48.9 Å². The van der Waals surface area contributed by atoms with Crippen LogP contribution in [0, 0.1) is 5.92 Å². The van der Waals surface area contributed by atoms with Crippen LogP contribution in [0.5, 0.6) is 0 Å². The van der Waals surface area contributed by atoms with Crippen molar-refractivity contribution >= 4 is 5.96 Å². The molecule has 1 saturated carbocycles. The van der Waals surface area contributed by atoms with Crippen molar-refractivity contribution in [1.29, 1.82) is 0 Å². The Morgan fingerprint density at radius 1 is 1.14 bits per heavy atom. The highest BCUT2D eigenvalue weighted by Gasteiger charge is 2.19. The Morgan fingerprint density at radius 3 is 2.55 bits per heavy atom. The molecule has 0 amide bonds. The van der Waals surface area contributed by atoms with Crippen molar-refractivity contribution in [2.24, 2.45) is 10.9 Å². The fourth-order valence-electron chi connectivity index (χ4n) is 3.46. The molecule has 0 bridgehead atoms. The van der Waals surface area contributed by atoms with Gasteiger partial charge in [-0.15, -0.1) is 0 Å². The average molecular weight is 310 g/mol. The molecule has 0 aromatic carbocycles. The molecular formula is C17H34N4O. The Morgan fingerprint density at radius 2 is 1.91 bits per heavy atom. The van der Waals surface area contributed by atoms with E-state index in [1.807, 2.05) is 7.05 Å². The molecule has 1 saturated heterocycles. The van der Waals surface area contributed by atoms with Crippen LogP contribution in [-0.4, -0.2) is 63.8 Å². The molecule has 2 rings (SSSR count). The van der Waals surface area contributed by atoms with Crippen LogP contribution >= 0.6 is 0 Å². The van der Waals surface area contributed by atoms with Gasteiger partial charge in [-0.2, -0.15) is 0 Å². The first-order chi connectivity index (χ1) is 10.8. The standard InChI is InChI=1S/C17H34N4O/c1-18-17(20-13-15-9-11-21(2)14-15)19-10-12-22-16-7-5-3-4-6-8-16/h15-16H,3-14H2,1-2H3,(H2,18,19,20). The summed E-state index contributed by atoms with van der Waals surface area (Å²) in [6, 6.07) is 0. The van der Waals surface area contributed by atoms with E-state index < -0.39 is 0 Å². The van der Waals surface area contributed by atoms with Gasteiger partial charge in [0.25, 0.3) is 0 Å². The number of nitrogens with one attached hydrogen (secondary N) is 2. The van der Waals surface area contributed by atoms with Gasteiger partial charge in [-0.05, 0) is 38.8 Å². The summed E-state index contributed by atoms with van der Waals surface area (Å²) in [7, 11) is 4.03. The van der Waals surface area contributed by atoms with Gasteiger partial charge in [-0.1, -0.05) is 25.7 Å². The fourth-order valence-corrected chi connectivity index (χ4v) is 3.46. The Kier molecular flexibility index (Phi) is 8.02. The van der Waals surface area contributed by atoms with Gasteiger partial charge < -0.3 is 20.3 Å². The molecule has 22 heavy (non-hydrogen) atoms.